The summed E-state index contributed by atoms with van der Waals surface area (Å²) in [4.78, 5) is 12.4. The van der Waals surface area contributed by atoms with E-state index in [0.29, 0.717) is 28.6 Å². The Morgan fingerprint density at radius 3 is 2.12 bits per heavy atom. The number of methoxy groups -OCH3 is 4. The van der Waals surface area contributed by atoms with Gasteiger partial charge in [-0.15, -0.1) is 0 Å². The second-order valence-electron chi connectivity index (χ2n) is 5.38. The van der Waals surface area contributed by atoms with Gasteiger partial charge in [-0.05, 0) is 42.0 Å². The van der Waals surface area contributed by atoms with Crippen LogP contribution >= 0.6 is 0 Å². The molecule has 0 saturated heterocycles. The second-order valence-corrected chi connectivity index (χ2v) is 5.38. The lowest BCUT2D eigenvalue weighted by Crippen LogP contribution is -2.03. The first-order chi connectivity index (χ1) is 12.1. The van der Waals surface area contributed by atoms with Crippen molar-refractivity contribution < 1.29 is 23.7 Å². The van der Waals surface area contributed by atoms with E-state index in [1.54, 1.807) is 46.6 Å². The molecule has 1 aliphatic rings. The third-order valence-corrected chi connectivity index (χ3v) is 4.01. The number of hydrogen-bond donors (Lipinski definition) is 1. The molecule has 1 amide bonds. The van der Waals surface area contributed by atoms with Gasteiger partial charge in [0, 0.05) is 16.8 Å². The topological polar surface area (TPSA) is 66.0 Å². The van der Waals surface area contributed by atoms with Crippen molar-refractivity contribution in [3.05, 3.63) is 41.5 Å². The molecule has 6 nitrogen and oxygen atoms in total. The van der Waals surface area contributed by atoms with Crippen LogP contribution in [0.15, 0.2) is 30.3 Å². The zero-order valence-electron chi connectivity index (χ0n) is 14.5. The summed E-state index contributed by atoms with van der Waals surface area (Å²) in [5.41, 5.74) is 2.85. The Kier molecular flexibility index (Phi) is 4.52. The fourth-order valence-electron chi connectivity index (χ4n) is 2.79. The lowest BCUT2D eigenvalue weighted by atomic mass is 10.0. The van der Waals surface area contributed by atoms with E-state index in [-0.39, 0.29) is 5.91 Å². The van der Waals surface area contributed by atoms with Crippen molar-refractivity contribution in [3.8, 4) is 23.0 Å². The highest BCUT2D eigenvalue weighted by Crippen LogP contribution is 2.40. The lowest BCUT2D eigenvalue weighted by molar-refractivity contribution is -0.110. The number of nitrogens with one attached hydrogen (secondary N) is 1. The number of anilines is 1. The van der Waals surface area contributed by atoms with Gasteiger partial charge in [-0.3, -0.25) is 4.79 Å². The molecule has 0 radical (unpaired) electrons. The molecule has 3 rings (SSSR count). The zero-order valence-corrected chi connectivity index (χ0v) is 14.5. The molecule has 6 heteroatoms. The maximum absolute atomic E-state index is 12.4. The molecule has 1 N–H and O–H groups in total. The Labute approximate surface area is 146 Å². The zero-order chi connectivity index (χ0) is 18.0. The highest BCUT2D eigenvalue weighted by molar-refractivity contribution is 6.35. The molecule has 0 atom stereocenters. The summed E-state index contributed by atoms with van der Waals surface area (Å²) in [6.07, 6.45) is 1.78. The highest BCUT2D eigenvalue weighted by Gasteiger charge is 2.25. The van der Waals surface area contributed by atoms with E-state index in [4.69, 9.17) is 18.9 Å². The van der Waals surface area contributed by atoms with Crippen LogP contribution in [0.5, 0.6) is 23.0 Å². The van der Waals surface area contributed by atoms with Gasteiger partial charge in [-0.1, -0.05) is 0 Å². The Morgan fingerprint density at radius 2 is 1.56 bits per heavy atom. The van der Waals surface area contributed by atoms with Crippen LogP contribution in [0.3, 0.4) is 0 Å². The number of benzene rings is 2. The largest absolute Gasteiger partial charge is 0.497 e. The molecule has 1 heterocycles. The van der Waals surface area contributed by atoms with Crippen molar-refractivity contribution in [2.45, 2.75) is 0 Å². The van der Waals surface area contributed by atoms with Gasteiger partial charge in [0.25, 0.3) is 5.91 Å². The first kappa shape index (κ1) is 16.7. The van der Waals surface area contributed by atoms with Gasteiger partial charge in [-0.2, -0.15) is 0 Å². The first-order valence-electron chi connectivity index (χ1n) is 7.62. The minimum atomic E-state index is -0.169. The van der Waals surface area contributed by atoms with E-state index in [0.717, 1.165) is 16.8 Å². The van der Waals surface area contributed by atoms with Crippen molar-refractivity contribution in [3.63, 3.8) is 0 Å². The van der Waals surface area contributed by atoms with Gasteiger partial charge in [0.1, 0.15) is 5.75 Å². The molecular weight excluding hydrogens is 322 g/mol. The van der Waals surface area contributed by atoms with Crippen LogP contribution in [0, 0.1) is 0 Å². The number of carbonyl (C=O) groups excluding carboxylic acids is 1. The van der Waals surface area contributed by atoms with Gasteiger partial charge >= 0.3 is 0 Å². The van der Waals surface area contributed by atoms with Gasteiger partial charge in [0.2, 0.25) is 5.75 Å². The highest BCUT2D eigenvalue weighted by atomic mass is 16.5. The van der Waals surface area contributed by atoms with Crippen molar-refractivity contribution in [1.29, 1.82) is 0 Å². The Morgan fingerprint density at radius 1 is 0.880 bits per heavy atom. The van der Waals surface area contributed by atoms with Crippen LogP contribution in [0.1, 0.15) is 11.1 Å². The van der Waals surface area contributed by atoms with E-state index >= 15 is 0 Å². The molecule has 0 unspecified atom stereocenters. The summed E-state index contributed by atoms with van der Waals surface area (Å²) < 4.78 is 21.3. The number of ether oxygens (including phenoxy) is 4. The van der Waals surface area contributed by atoms with Crippen LogP contribution in [0.2, 0.25) is 0 Å². The standard InChI is InChI=1S/C19H19NO5/c1-22-12-5-6-15-13(10-12)14(19(21)20-15)7-11-8-16(23-2)18(25-4)17(9-11)24-3/h5-10H,1-4H3,(H,20,21). The summed E-state index contributed by atoms with van der Waals surface area (Å²) in [5.74, 6) is 2.07. The summed E-state index contributed by atoms with van der Waals surface area (Å²) in [7, 11) is 6.24. The van der Waals surface area contributed by atoms with Gasteiger partial charge < -0.3 is 24.3 Å². The van der Waals surface area contributed by atoms with Gasteiger partial charge in [0.05, 0.1) is 28.4 Å². The maximum atomic E-state index is 12.4. The molecule has 1 aliphatic heterocycles. The van der Waals surface area contributed by atoms with Crippen LogP contribution in [0.25, 0.3) is 11.6 Å². The van der Waals surface area contributed by atoms with E-state index in [2.05, 4.69) is 5.32 Å². The summed E-state index contributed by atoms with van der Waals surface area (Å²) in [6, 6.07) is 9.04. The average Bonchev–Trinajstić information content (AvgIpc) is 2.95. The summed E-state index contributed by atoms with van der Waals surface area (Å²) in [6.45, 7) is 0. The molecule has 0 aromatic heterocycles. The maximum Gasteiger partial charge on any atom is 0.256 e. The number of amides is 1. The van der Waals surface area contributed by atoms with E-state index < -0.39 is 0 Å². The molecule has 0 fully saturated rings. The van der Waals surface area contributed by atoms with Crippen LogP contribution in [-0.4, -0.2) is 34.3 Å². The molecule has 0 saturated carbocycles. The summed E-state index contributed by atoms with van der Waals surface area (Å²) >= 11 is 0. The first-order valence-corrected chi connectivity index (χ1v) is 7.62. The van der Waals surface area contributed by atoms with Crippen molar-refractivity contribution in [1.82, 2.24) is 0 Å². The van der Waals surface area contributed by atoms with Crippen molar-refractivity contribution in [2.75, 3.05) is 33.8 Å². The molecule has 0 bridgehead atoms. The molecule has 0 aliphatic carbocycles. The van der Waals surface area contributed by atoms with E-state index in [1.807, 2.05) is 18.2 Å². The monoisotopic (exact) mass is 341 g/mol. The number of carbonyl (C=O) groups is 1. The molecule has 2 aromatic carbocycles. The van der Waals surface area contributed by atoms with Crippen LogP contribution in [0.4, 0.5) is 5.69 Å². The molecular formula is C19H19NO5. The fraction of sp³-hybridized carbons (Fsp3) is 0.211. The second kappa shape index (κ2) is 6.76. The fourth-order valence-corrected chi connectivity index (χ4v) is 2.79. The Bertz CT molecular complexity index is 832. The number of fused-ring (bicyclic) bond motifs is 1. The minimum Gasteiger partial charge on any atom is -0.497 e. The molecule has 25 heavy (non-hydrogen) atoms. The Balaban J connectivity index is 2.11. The SMILES string of the molecule is COc1ccc2c(c1)C(=Cc1cc(OC)c(OC)c(OC)c1)C(=O)N2. The third kappa shape index (κ3) is 2.98. The normalized spacial score (nSPS) is 14.1. The summed E-state index contributed by atoms with van der Waals surface area (Å²) in [5, 5.41) is 2.85. The van der Waals surface area contributed by atoms with E-state index in [9.17, 15) is 4.79 Å². The lowest BCUT2D eigenvalue weighted by Gasteiger charge is -2.13. The van der Waals surface area contributed by atoms with Crippen molar-refractivity contribution in [2.24, 2.45) is 0 Å². The quantitative estimate of drug-likeness (QED) is 0.846. The smallest absolute Gasteiger partial charge is 0.256 e. The number of rotatable bonds is 5. The average molecular weight is 341 g/mol. The van der Waals surface area contributed by atoms with Gasteiger partial charge in [-0.25, -0.2) is 0 Å². The predicted molar refractivity (Wildman–Crippen MR) is 95.6 cm³/mol. The molecule has 0 spiro atoms. The molecule has 2 aromatic rings. The van der Waals surface area contributed by atoms with Gasteiger partial charge in [0.15, 0.2) is 11.5 Å². The van der Waals surface area contributed by atoms with E-state index in [1.165, 1.54) is 0 Å². The third-order valence-electron chi connectivity index (χ3n) is 4.01. The molecule has 130 valence electrons. The Hall–Kier alpha value is -3.15. The minimum absolute atomic E-state index is 0.169. The van der Waals surface area contributed by atoms with Crippen molar-refractivity contribution >= 4 is 23.2 Å². The van der Waals surface area contributed by atoms with Crippen LogP contribution in [-0.2, 0) is 4.79 Å². The number of hydrogen-bond acceptors (Lipinski definition) is 5. The predicted octanol–water partition coefficient (Wildman–Crippen LogP) is 3.21. The van der Waals surface area contributed by atoms with Crippen LogP contribution < -0.4 is 24.3 Å².